The molecule has 0 saturated heterocycles. The van der Waals surface area contributed by atoms with E-state index in [1.165, 1.54) is 19.3 Å². The van der Waals surface area contributed by atoms with Crippen molar-refractivity contribution >= 4 is 16.5 Å². The summed E-state index contributed by atoms with van der Waals surface area (Å²) >= 11 is 1.62. The molecular weight excluding hydrogens is 244 g/mol. The number of hydrogen-bond donors (Lipinski definition) is 1. The lowest BCUT2D eigenvalue weighted by Crippen LogP contribution is -2.19. The molecule has 0 atom stereocenters. The third kappa shape index (κ3) is 3.95. The minimum Gasteiger partial charge on any atom is -0.391 e. The third-order valence-corrected chi connectivity index (χ3v) is 4.12. The van der Waals surface area contributed by atoms with E-state index in [2.05, 4.69) is 39.6 Å². The minimum atomic E-state index is -0.00290. The molecule has 0 aliphatic carbocycles. The van der Waals surface area contributed by atoms with E-state index in [9.17, 15) is 5.11 Å². The smallest absolute Gasteiger partial charge is 0.185 e. The van der Waals surface area contributed by atoms with Crippen molar-refractivity contribution in [3.63, 3.8) is 0 Å². The zero-order valence-electron chi connectivity index (χ0n) is 12.3. The second kappa shape index (κ2) is 6.53. The van der Waals surface area contributed by atoms with E-state index in [1.54, 1.807) is 11.3 Å². The molecule has 3 nitrogen and oxygen atoms in total. The van der Waals surface area contributed by atoms with Crippen molar-refractivity contribution in [2.45, 2.75) is 59.0 Å². The molecule has 4 heteroatoms. The second-order valence-corrected chi connectivity index (χ2v) is 6.87. The van der Waals surface area contributed by atoms with Gasteiger partial charge in [0.2, 0.25) is 0 Å². The van der Waals surface area contributed by atoms with Crippen LogP contribution in [0.3, 0.4) is 0 Å². The fourth-order valence-electron chi connectivity index (χ4n) is 1.89. The van der Waals surface area contributed by atoms with Gasteiger partial charge in [-0.15, -0.1) is 0 Å². The molecule has 0 unspecified atom stereocenters. The number of anilines is 1. The van der Waals surface area contributed by atoms with Crippen molar-refractivity contribution in [2.24, 2.45) is 0 Å². The molecule has 1 rings (SSSR count). The highest BCUT2D eigenvalue weighted by Gasteiger charge is 2.23. The van der Waals surface area contributed by atoms with Crippen molar-refractivity contribution in [1.82, 2.24) is 4.98 Å². The zero-order chi connectivity index (χ0) is 13.8. The number of aliphatic hydroxyl groups is 1. The number of thiazole rings is 1. The lowest BCUT2D eigenvalue weighted by atomic mass is 9.91. The Morgan fingerprint density at radius 1 is 1.28 bits per heavy atom. The zero-order valence-corrected chi connectivity index (χ0v) is 13.1. The predicted molar refractivity (Wildman–Crippen MR) is 79.5 cm³/mol. The summed E-state index contributed by atoms with van der Waals surface area (Å²) in [6.07, 6.45) is 3.70. The summed E-state index contributed by atoms with van der Waals surface area (Å²) in [5.41, 5.74) is 1.03. The molecule has 1 aromatic rings. The molecule has 0 fully saturated rings. The molecule has 0 amide bonds. The van der Waals surface area contributed by atoms with Gasteiger partial charge >= 0.3 is 0 Å². The summed E-state index contributed by atoms with van der Waals surface area (Å²) in [5.74, 6) is 0. The molecule has 18 heavy (non-hydrogen) atoms. The van der Waals surface area contributed by atoms with Crippen LogP contribution in [0, 0.1) is 0 Å². The van der Waals surface area contributed by atoms with E-state index in [0.717, 1.165) is 22.2 Å². The van der Waals surface area contributed by atoms with Crippen molar-refractivity contribution in [1.29, 1.82) is 0 Å². The Bertz CT molecular complexity index is 368. The summed E-state index contributed by atoms with van der Waals surface area (Å²) < 4.78 is 0. The van der Waals surface area contributed by atoms with Gasteiger partial charge in [0.25, 0.3) is 0 Å². The Morgan fingerprint density at radius 3 is 2.39 bits per heavy atom. The van der Waals surface area contributed by atoms with Crippen molar-refractivity contribution in [3.8, 4) is 0 Å². The fourth-order valence-corrected chi connectivity index (χ4v) is 3.01. The molecule has 104 valence electrons. The first-order valence-electron chi connectivity index (χ1n) is 6.72. The lowest BCUT2D eigenvalue weighted by molar-refractivity contribution is 0.282. The molecular formula is C14H26N2OS. The van der Waals surface area contributed by atoms with Gasteiger partial charge in [-0.1, -0.05) is 51.9 Å². The van der Waals surface area contributed by atoms with E-state index >= 15 is 0 Å². The van der Waals surface area contributed by atoms with Gasteiger partial charge in [0.05, 0.1) is 17.2 Å². The standard InChI is InChI=1S/C14H26N2OS/c1-6-7-8-9-16(5)13-15-12(14(2,3)4)11(10-17)18-13/h17H,6-10H2,1-5H3. The Kier molecular flexibility index (Phi) is 5.60. The van der Waals surface area contributed by atoms with Crippen molar-refractivity contribution in [2.75, 3.05) is 18.5 Å². The summed E-state index contributed by atoms with van der Waals surface area (Å²) in [6, 6.07) is 0. The van der Waals surface area contributed by atoms with Gasteiger partial charge in [0, 0.05) is 19.0 Å². The van der Waals surface area contributed by atoms with Gasteiger partial charge in [-0.05, 0) is 6.42 Å². The number of unbranched alkanes of at least 4 members (excludes halogenated alkanes) is 2. The van der Waals surface area contributed by atoms with Crippen molar-refractivity contribution < 1.29 is 5.11 Å². The maximum atomic E-state index is 9.44. The maximum Gasteiger partial charge on any atom is 0.185 e. The molecule has 0 radical (unpaired) electrons. The van der Waals surface area contributed by atoms with Crippen LogP contribution in [-0.4, -0.2) is 23.7 Å². The Hall–Kier alpha value is -0.610. The molecule has 0 aromatic carbocycles. The lowest BCUT2D eigenvalue weighted by Gasteiger charge is -2.18. The highest BCUT2D eigenvalue weighted by molar-refractivity contribution is 7.15. The van der Waals surface area contributed by atoms with Crippen LogP contribution in [0.4, 0.5) is 5.13 Å². The predicted octanol–water partition coefficient (Wildman–Crippen LogP) is 3.56. The molecule has 1 aromatic heterocycles. The number of rotatable bonds is 6. The first kappa shape index (κ1) is 15.4. The van der Waals surface area contributed by atoms with Gasteiger partial charge in [0.15, 0.2) is 5.13 Å². The molecule has 0 bridgehead atoms. The van der Waals surface area contributed by atoms with Crippen LogP contribution in [0.5, 0.6) is 0 Å². The second-order valence-electron chi connectivity index (χ2n) is 5.80. The fraction of sp³-hybridized carbons (Fsp3) is 0.786. The Balaban J connectivity index is 2.81. The van der Waals surface area contributed by atoms with Crippen LogP contribution in [0.1, 0.15) is 57.5 Å². The first-order chi connectivity index (χ1) is 8.40. The monoisotopic (exact) mass is 270 g/mol. The Labute approximate surface area is 115 Å². The maximum absolute atomic E-state index is 9.44. The van der Waals surface area contributed by atoms with E-state index < -0.39 is 0 Å². The Morgan fingerprint density at radius 2 is 1.94 bits per heavy atom. The summed E-state index contributed by atoms with van der Waals surface area (Å²) in [5, 5.41) is 10.5. The van der Waals surface area contributed by atoms with Gasteiger partial charge in [-0.2, -0.15) is 0 Å². The molecule has 0 saturated carbocycles. The van der Waals surface area contributed by atoms with Gasteiger partial charge in [-0.25, -0.2) is 4.98 Å². The van der Waals surface area contributed by atoms with Crippen LogP contribution >= 0.6 is 11.3 Å². The third-order valence-electron chi connectivity index (χ3n) is 2.96. The minimum absolute atomic E-state index is 0.00290. The van der Waals surface area contributed by atoms with Crippen LogP contribution in [0.15, 0.2) is 0 Å². The molecule has 0 spiro atoms. The quantitative estimate of drug-likeness (QED) is 0.803. The SMILES string of the molecule is CCCCCN(C)c1nc(C(C)(C)C)c(CO)s1. The molecule has 0 aliphatic rings. The number of nitrogens with zero attached hydrogens (tertiary/aromatic N) is 2. The van der Waals surface area contributed by atoms with Crippen LogP contribution < -0.4 is 4.90 Å². The summed E-state index contributed by atoms with van der Waals surface area (Å²) in [6.45, 7) is 9.76. The molecule has 1 heterocycles. The number of aliphatic hydroxyl groups excluding tert-OH is 1. The van der Waals surface area contributed by atoms with E-state index in [-0.39, 0.29) is 12.0 Å². The largest absolute Gasteiger partial charge is 0.391 e. The first-order valence-corrected chi connectivity index (χ1v) is 7.54. The van der Waals surface area contributed by atoms with Gasteiger partial charge in [0.1, 0.15) is 0 Å². The topological polar surface area (TPSA) is 36.4 Å². The average Bonchev–Trinajstić information content (AvgIpc) is 2.73. The van der Waals surface area contributed by atoms with Crippen LogP contribution in [0.2, 0.25) is 0 Å². The van der Waals surface area contributed by atoms with Crippen LogP contribution in [-0.2, 0) is 12.0 Å². The normalized spacial score (nSPS) is 11.9. The highest BCUT2D eigenvalue weighted by atomic mass is 32.1. The van der Waals surface area contributed by atoms with E-state index in [0.29, 0.717) is 0 Å². The van der Waals surface area contributed by atoms with Gasteiger partial charge < -0.3 is 10.0 Å². The van der Waals surface area contributed by atoms with E-state index in [4.69, 9.17) is 4.98 Å². The van der Waals surface area contributed by atoms with Gasteiger partial charge in [-0.3, -0.25) is 0 Å². The number of aromatic nitrogens is 1. The van der Waals surface area contributed by atoms with Crippen molar-refractivity contribution in [3.05, 3.63) is 10.6 Å². The van der Waals surface area contributed by atoms with E-state index in [1.807, 2.05) is 0 Å². The molecule has 0 aliphatic heterocycles. The average molecular weight is 270 g/mol. The summed E-state index contributed by atoms with van der Waals surface area (Å²) in [4.78, 5) is 7.92. The number of hydrogen-bond acceptors (Lipinski definition) is 4. The molecule has 1 N–H and O–H groups in total. The highest BCUT2D eigenvalue weighted by Crippen LogP contribution is 2.33. The van der Waals surface area contributed by atoms with Crippen LogP contribution in [0.25, 0.3) is 0 Å². The summed E-state index contributed by atoms with van der Waals surface area (Å²) in [7, 11) is 2.09.